The number of aliphatic carboxylic acids is 1. The lowest BCUT2D eigenvalue weighted by molar-refractivity contribution is -0.135. The van der Waals surface area contributed by atoms with Gasteiger partial charge in [-0.25, -0.2) is 0 Å². The molecule has 0 atom stereocenters. The van der Waals surface area contributed by atoms with Crippen molar-refractivity contribution in [2.24, 2.45) is 0 Å². The third-order valence-electron chi connectivity index (χ3n) is 1.08. The molecule has 5 heteroatoms. The van der Waals surface area contributed by atoms with Gasteiger partial charge in [-0.1, -0.05) is 0 Å². The van der Waals surface area contributed by atoms with Gasteiger partial charge in [0.1, 0.15) is 6.42 Å². The fourth-order valence-corrected chi connectivity index (χ4v) is 0.583. The second-order valence-corrected chi connectivity index (χ2v) is 2.09. The topological polar surface area (TPSA) is 82.3 Å². The van der Waals surface area contributed by atoms with Crippen molar-refractivity contribution in [3.8, 4) is 6.07 Å². The highest BCUT2D eigenvalue weighted by Crippen LogP contribution is 1.76. The molecule has 1 rings (SSSR count). The maximum atomic E-state index is 9.38. The maximum Gasteiger partial charge on any atom is 0.317 e. The van der Waals surface area contributed by atoms with E-state index >= 15 is 0 Å². The monoisotopic (exact) mass is 172 g/mol. The lowest BCUT2D eigenvalue weighted by atomic mass is 10.5. The number of carbonyl (C=O) groups is 1. The van der Waals surface area contributed by atoms with Crippen LogP contribution in [0.25, 0.3) is 0 Å². The van der Waals surface area contributed by atoms with Crippen LogP contribution < -0.4 is 5.32 Å². The van der Waals surface area contributed by atoms with E-state index in [1.165, 1.54) is 6.07 Å². The van der Waals surface area contributed by atoms with Crippen LogP contribution in [0.1, 0.15) is 6.42 Å². The fourth-order valence-electron chi connectivity index (χ4n) is 0.583. The predicted octanol–water partition coefficient (Wildman–Crippen LogP) is -0.409. The first-order chi connectivity index (χ1) is 5.77. The average molecular weight is 172 g/mol. The minimum Gasteiger partial charge on any atom is -0.480 e. The number of nitrogens with one attached hydrogen (secondary N) is 1. The summed E-state index contributed by atoms with van der Waals surface area (Å²) in [6, 6.07) is 1.47. The molecule has 0 amide bonds. The van der Waals surface area contributed by atoms with E-state index in [1.807, 2.05) is 0 Å². The molecule has 0 aromatic rings. The second kappa shape index (κ2) is 7.98. The van der Waals surface area contributed by atoms with Gasteiger partial charge in [-0.3, -0.25) is 4.79 Å². The van der Waals surface area contributed by atoms with Gasteiger partial charge in [-0.2, -0.15) is 5.26 Å². The highest BCUT2D eigenvalue weighted by Gasteiger charge is 1.92. The average Bonchev–Trinajstić information content (AvgIpc) is 2.08. The number of carboxylic acids is 1. The van der Waals surface area contributed by atoms with Crippen LogP contribution in [0.4, 0.5) is 0 Å². The molecular weight excluding hydrogens is 160 g/mol. The molecule has 1 aliphatic heterocycles. The van der Waals surface area contributed by atoms with Gasteiger partial charge < -0.3 is 15.2 Å². The third kappa shape index (κ3) is 8.88. The minimum atomic E-state index is -1.07. The molecule has 1 saturated heterocycles. The van der Waals surface area contributed by atoms with Gasteiger partial charge in [0.2, 0.25) is 0 Å². The van der Waals surface area contributed by atoms with Crippen LogP contribution in [0.2, 0.25) is 0 Å². The first-order valence-corrected chi connectivity index (χ1v) is 3.64. The van der Waals surface area contributed by atoms with Crippen LogP contribution in [-0.2, 0) is 9.53 Å². The van der Waals surface area contributed by atoms with Crippen molar-refractivity contribution >= 4 is 5.97 Å². The van der Waals surface area contributed by atoms with Crippen molar-refractivity contribution in [3.63, 3.8) is 0 Å². The van der Waals surface area contributed by atoms with Gasteiger partial charge >= 0.3 is 5.97 Å². The number of hydrogen-bond donors (Lipinski definition) is 2. The summed E-state index contributed by atoms with van der Waals surface area (Å²) in [5, 5.41) is 18.5. The van der Waals surface area contributed by atoms with E-state index in [0.717, 1.165) is 26.3 Å². The van der Waals surface area contributed by atoms with E-state index in [2.05, 4.69) is 5.32 Å². The van der Waals surface area contributed by atoms with Crippen molar-refractivity contribution in [2.45, 2.75) is 6.42 Å². The van der Waals surface area contributed by atoms with E-state index in [9.17, 15) is 4.79 Å². The molecule has 0 radical (unpaired) electrons. The molecule has 0 aromatic carbocycles. The molecular formula is C7H12N2O3. The summed E-state index contributed by atoms with van der Waals surface area (Å²) in [5.74, 6) is -1.07. The van der Waals surface area contributed by atoms with E-state index in [-0.39, 0.29) is 0 Å². The van der Waals surface area contributed by atoms with Crippen LogP contribution in [0.15, 0.2) is 0 Å². The first kappa shape index (κ1) is 10.9. The summed E-state index contributed by atoms with van der Waals surface area (Å²) in [6.07, 6.45) is -0.403. The summed E-state index contributed by atoms with van der Waals surface area (Å²) >= 11 is 0. The molecule has 2 N–H and O–H groups in total. The number of ether oxygens (including phenoxy) is 1. The SMILES string of the molecule is C1COCCN1.N#CCC(=O)O. The molecule has 68 valence electrons. The Bertz CT molecular complexity index is 149. The van der Waals surface area contributed by atoms with Crippen LogP contribution in [0.5, 0.6) is 0 Å². The largest absolute Gasteiger partial charge is 0.480 e. The number of hydrogen-bond acceptors (Lipinski definition) is 4. The zero-order valence-corrected chi connectivity index (χ0v) is 6.75. The Morgan fingerprint density at radius 2 is 2.17 bits per heavy atom. The Morgan fingerprint density at radius 3 is 2.25 bits per heavy atom. The number of carboxylic acid groups (broad SMARTS) is 1. The summed E-state index contributed by atoms with van der Waals surface area (Å²) in [7, 11) is 0. The summed E-state index contributed by atoms with van der Waals surface area (Å²) in [6.45, 7) is 3.83. The van der Waals surface area contributed by atoms with Gasteiger partial charge in [-0.15, -0.1) is 0 Å². The lowest BCUT2D eigenvalue weighted by Gasteiger charge is -2.10. The molecule has 0 saturated carbocycles. The fraction of sp³-hybridized carbons (Fsp3) is 0.714. The Labute approximate surface area is 70.9 Å². The molecule has 0 bridgehead atoms. The van der Waals surface area contributed by atoms with Gasteiger partial charge in [-0.05, 0) is 0 Å². The van der Waals surface area contributed by atoms with E-state index in [1.54, 1.807) is 0 Å². The number of rotatable bonds is 1. The van der Waals surface area contributed by atoms with Crippen LogP contribution in [0.3, 0.4) is 0 Å². The van der Waals surface area contributed by atoms with E-state index < -0.39 is 12.4 Å². The highest BCUT2D eigenvalue weighted by atomic mass is 16.5. The van der Waals surface area contributed by atoms with Crippen LogP contribution in [0, 0.1) is 11.3 Å². The van der Waals surface area contributed by atoms with Crippen molar-refractivity contribution < 1.29 is 14.6 Å². The third-order valence-corrected chi connectivity index (χ3v) is 1.08. The standard InChI is InChI=1S/C4H9NO.C3H3NO2/c1-3-6-4-2-5-1;4-2-1-3(5)6/h5H,1-4H2;1H2,(H,5,6). The van der Waals surface area contributed by atoms with Gasteiger partial charge in [0.05, 0.1) is 19.3 Å². The molecule has 5 nitrogen and oxygen atoms in total. The summed E-state index contributed by atoms with van der Waals surface area (Å²) in [4.78, 5) is 9.38. The molecule has 1 aliphatic rings. The van der Waals surface area contributed by atoms with Crippen molar-refractivity contribution in [2.75, 3.05) is 26.3 Å². The molecule has 0 spiro atoms. The van der Waals surface area contributed by atoms with Gasteiger partial charge in [0.15, 0.2) is 0 Å². The molecule has 1 heterocycles. The Hall–Kier alpha value is -1.12. The van der Waals surface area contributed by atoms with Crippen LogP contribution >= 0.6 is 0 Å². The number of morpholine rings is 1. The smallest absolute Gasteiger partial charge is 0.317 e. The molecule has 12 heavy (non-hydrogen) atoms. The summed E-state index contributed by atoms with van der Waals surface area (Å²) in [5.41, 5.74) is 0. The molecule has 0 aliphatic carbocycles. The molecule has 0 aromatic heterocycles. The van der Waals surface area contributed by atoms with Crippen molar-refractivity contribution in [1.82, 2.24) is 5.32 Å². The Balaban J connectivity index is 0.000000202. The van der Waals surface area contributed by atoms with Crippen LogP contribution in [-0.4, -0.2) is 37.4 Å². The molecule has 0 unspecified atom stereocenters. The minimum absolute atomic E-state index is 0.403. The second-order valence-electron chi connectivity index (χ2n) is 2.09. The van der Waals surface area contributed by atoms with E-state index in [4.69, 9.17) is 15.1 Å². The zero-order chi connectivity index (χ0) is 9.23. The summed E-state index contributed by atoms with van der Waals surface area (Å²) < 4.78 is 5.01. The van der Waals surface area contributed by atoms with Gasteiger partial charge in [0, 0.05) is 13.1 Å². The highest BCUT2D eigenvalue weighted by molar-refractivity contribution is 5.69. The first-order valence-electron chi connectivity index (χ1n) is 3.64. The Kier molecular flexibility index (Phi) is 7.24. The predicted molar refractivity (Wildman–Crippen MR) is 41.6 cm³/mol. The van der Waals surface area contributed by atoms with Crippen molar-refractivity contribution in [1.29, 1.82) is 5.26 Å². The number of nitriles is 1. The quantitative estimate of drug-likeness (QED) is 0.562. The maximum absolute atomic E-state index is 9.38. The molecule has 1 fully saturated rings. The van der Waals surface area contributed by atoms with Gasteiger partial charge in [0.25, 0.3) is 0 Å². The van der Waals surface area contributed by atoms with E-state index in [0.29, 0.717) is 0 Å². The zero-order valence-electron chi connectivity index (χ0n) is 6.75. The normalized spacial score (nSPS) is 15.2. The lowest BCUT2D eigenvalue weighted by Crippen LogP contribution is -2.30. The Morgan fingerprint density at radius 1 is 1.58 bits per heavy atom. The number of nitrogens with zero attached hydrogens (tertiary/aromatic N) is 1. The van der Waals surface area contributed by atoms with Crippen molar-refractivity contribution in [3.05, 3.63) is 0 Å².